The van der Waals surface area contributed by atoms with Crippen LogP contribution in [0, 0.1) is 0 Å². The molecule has 2 aromatic rings. The largest absolute Gasteiger partial charge is 0.465 e. The van der Waals surface area contributed by atoms with Crippen LogP contribution in [0.25, 0.3) is 0 Å². The van der Waals surface area contributed by atoms with Crippen molar-refractivity contribution in [3.8, 4) is 0 Å². The molecule has 2 atom stereocenters. The van der Waals surface area contributed by atoms with Crippen molar-refractivity contribution in [1.29, 1.82) is 0 Å². The highest BCUT2D eigenvalue weighted by atomic mass is 19.4. The van der Waals surface area contributed by atoms with Gasteiger partial charge in [0.05, 0.1) is 30.9 Å². The predicted octanol–water partition coefficient (Wildman–Crippen LogP) is 5.65. The van der Waals surface area contributed by atoms with Gasteiger partial charge in [0, 0.05) is 24.2 Å². The van der Waals surface area contributed by atoms with Gasteiger partial charge < -0.3 is 14.4 Å². The maximum Gasteiger partial charge on any atom is 0.416 e. The lowest BCUT2D eigenvalue weighted by molar-refractivity contribution is -0.202. The summed E-state index contributed by atoms with van der Waals surface area (Å²) in [6.07, 6.45) is -7.12. The third-order valence-corrected chi connectivity index (χ3v) is 5.45. The van der Waals surface area contributed by atoms with Crippen LogP contribution in [0.3, 0.4) is 0 Å². The maximum atomic E-state index is 13.6. The zero-order valence-corrected chi connectivity index (χ0v) is 17.2. The van der Waals surface area contributed by atoms with Gasteiger partial charge in [-0.25, -0.2) is 4.79 Å². The minimum atomic E-state index is -4.44. The summed E-state index contributed by atoms with van der Waals surface area (Å²) < 4.78 is 75.2. The van der Waals surface area contributed by atoms with E-state index < -0.39 is 29.9 Å². The number of carbonyl (C=O) groups is 1. The van der Waals surface area contributed by atoms with E-state index in [1.165, 1.54) is 19.2 Å². The molecule has 0 radical (unpaired) electrons. The van der Waals surface area contributed by atoms with Crippen molar-refractivity contribution in [1.82, 2.24) is 0 Å². The van der Waals surface area contributed by atoms with Crippen molar-refractivity contribution in [2.75, 3.05) is 25.2 Å². The maximum absolute atomic E-state index is 13.6. The highest BCUT2D eigenvalue weighted by molar-refractivity contribution is 5.89. The molecule has 172 valence electrons. The Hall–Kier alpha value is -2.94. The molecule has 0 amide bonds. The molecule has 0 bridgehead atoms. The fourth-order valence-electron chi connectivity index (χ4n) is 3.75. The van der Waals surface area contributed by atoms with Crippen LogP contribution < -0.4 is 4.90 Å². The van der Waals surface area contributed by atoms with E-state index in [4.69, 9.17) is 4.74 Å². The van der Waals surface area contributed by atoms with Gasteiger partial charge in [-0.2, -0.15) is 22.0 Å². The van der Waals surface area contributed by atoms with Gasteiger partial charge >= 0.3 is 18.3 Å². The van der Waals surface area contributed by atoms with Crippen LogP contribution >= 0.6 is 0 Å². The number of hydrogen-bond donors (Lipinski definition) is 0. The molecule has 0 aromatic heterocycles. The van der Waals surface area contributed by atoms with Crippen LogP contribution in [0.4, 0.5) is 27.6 Å². The number of hydrogen-bond acceptors (Lipinski definition) is 4. The number of benzene rings is 2. The monoisotopic (exact) mass is 455 g/mol. The Morgan fingerprint density at radius 2 is 1.72 bits per heavy atom. The number of ether oxygens (including phenoxy) is 2. The molecule has 0 N–H and O–H groups in total. The second-order valence-electron chi connectivity index (χ2n) is 7.47. The van der Waals surface area contributed by atoms with E-state index in [1.54, 1.807) is 24.3 Å². The third-order valence-electron chi connectivity index (χ3n) is 5.45. The van der Waals surface area contributed by atoms with Crippen molar-refractivity contribution in [2.45, 2.75) is 30.7 Å². The lowest BCUT2D eigenvalue weighted by Crippen LogP contribution is -2.35. The molecular formula is C23H22F5NO3. The van der Waals surface area contributed by atoms with E-state index in [2.05, 4.69) is 11.3 Å². The fraction of sp³-hybridized carbons (Fsp3) is 0.348. The molecule has 1 fully saturated rings. The minimum absolute atomic E-state index is 0.191. The molecule has 1 aliphatic heterocycles. The Labute approximate surface area is 182 Å². The lowest BCUT2D eigenvalue weighted by Gasteiger charge is -2.27. The van der Waals surface area contributed by atoms with Gasteiger partial charge in [-0.3, -0.25) is 0 Å². The first-order valence-electron chi connectivity index (χ1n) is 9.81. The van der Waals surface area contributed by atoms with Crippen LogP contribution in [-0.4, -0.2) is 38.4 Å². The van der Waals surface area contributed by atoms with Crippen molar-refractivity contribution >= 4 is 11.7 Å². The zero-order chi connectivity index (χ0) is 23.5. The van der Waals surface area contributed by atoms with Gasteiger partial charge in [0.1, 0.15) is 0 Å². The Bertz CT molecular complexity index is 942. The number of anilines is 1. The zero-order valence-electron chi connectivity index (χ0n) is 17.2. The highest BCUT2D eigenvalue weighted by Crippen LogP contribution is 2.37. The Morgan fingerprint density at radius 3 is 2.25 bits per heavy atom. The number of carbonyl (C=O) groups excluding carboxylic acids is 1. The molecule has 0 saturated carbocycles. The topological polar surface area (TPSA) is 38.8 Å². The Balaban J connectivity index is 1.83. The predicted molar refractivity (Wildman–Crippen MR) is 109 cm³/mol. The summed E-state index contributed by atoms with van der Waals surface area (Å²) in [6.45, 7) is 3.13. The number of esters is 1. The molecule has 32 heavy (non-hydrogen) atoms. The van der Waals surface area contributed by atoms with Crippen LogP contribution in [0.15, 0.2) is 61.2 Å². The summed E-state index contributed by atoms with van der Waals surface area (Å²) in [4.78, 5) is 13.5. The number of halogens is 5. The number of rotatable bonds is 7. The molecule has 1 heterocycles. The number of nitrogens with zero attached hydrogens (tertiary/aromatic N) is 1. The summed E-state index contributed by atoms with van der Waals surface area (Å²) in [7, 11) is 1.26. The second-order valence-corrected chi connectivity index (χ2v) is 7.47. The van der Waals surface area contributed by atoms with Crippen LogP contribution in [0.2, 0.25) is 0 Å². The van der Waals surface area contributed by atoms with E-state index in [-0.39, 0.29) is 12.5 Å². The van der Waals surface area contributed by atoms with E-state index in [0.29, 0.717) is 35.9 Å². The summed E-state index contributed by atoms with van der Waals surface area (Å²) in [5, 5.41) is 0. The molecule has 1 unspecified atom stereocenters. The van der Waals surface area contributed by atoms with Gasteiger partial charge in [0.15, 0.2) is 0 Å². The van der Waals surface area contributed by atoms with E-state index in [9.17, 15) is 26.7 Å². The summed E-state index contributed by atoms with van der Waals surface area (Å²) in [5.74, 6) is -0.699. The Kier molecular flexibility index (Phi) is 6.88. The molecule has 1 saturated heterocycles. The lowest BCUT2D eigenvalue weighted by atomic mass is 9.95. The van der Waals surface area contributed by atoms with Crippen molar-refractivity contribution in [3.05, 3.63) is 77.9 Å². The van der Waals surface area contributed by atoms with E-state index in [1.807, 2.05) is 4.90 Å². The quantitative estimate of drug-likeness (QED) is 0.307. The second kappa shape index (κ2) is 9.28. The third kappa shape index (κ3) is 5.45. The molecule has 2 aromatic carbocycles. The normalized spacial score (nSPS) is 19.1. The molecule has 1 aliphatic rings. The summed E-state index contributed by atoms with van der Waals surface area (Å²) in [5.41, 5.74) is 0.926. The molecule has 0 aliphatic carbocycles. The van der Waals surface area contributed by atoms with Gasteiger partial charge in [-0.15, -0.1) is 0 Å². The van der Waals surface area contributed by atoms with Gasteiger partial charge in [-0.05, 0) is 48.4 Å². The van der Waals surface area contributed by atoms with Crippen molar-refractivity contribution < 1.29 is 36.2 Å². The summed E-state index contributed by atoms with van der Waals surface area (Å²) in [6, 6.07) is 10.8. The first-order valence-corrected chi connectivity index (χ1v) is 9.81. The minimum Gasteiger partial charge on any atom is -0.465 e. The smallest absolute Gasteiger partial charge is 0.416 e. The van der Waals surface area contributed by atoms with Gasteiger partial charge in [-0.1, -0.05) is 18.7 Å². The summed E-state index contributed by atoms with van der Waals surface area (Å²) >= 11 is 0. The van der Waals surface area contributed by atoms with Crippen molar-refractivity contribution in [2.24, 2.45) is 0 Å². The molecule has 0 spiro atoms. The number of alkyl halides is 5. The highest BCUT2D eigenvalue weighted by Gasteiger charge is 2.37. The van der Waals surface area contributed by atoms with Crippen molar-refractivity contribution in [3.63, 3.8) is 0 Å². The van der Waals surface area contributed by atoms with Crippen LogP contribution in [0.5, 0.6) is 0 Å². The number of methoxy groups -OCH3 is 1. The first-order chi connectivity index (χ1) is 15.0. The molecular weight excluding hydrogens is 433 g/mol. The fourth-order valence-corrected chi connectivity index (χ4v) is 3.75. The van der Waals surface area contributed by atoms with E-state index in [0.717, 1.165) is 12.1 Å². The van der Waals surface area contributed by atoms with Crippen LogP contribution in [-0.2, 0) is 15.7 Å². The standard InChI is InChI=1S/C23H22F5NO3/c1-3-22(24,25)32-14-20-12-17(15-4-8-18(9-5-15)23(26,27)28)13-29(20)19-10-6-16(7-11-19)21(30)31-2/h3-11,17,20H,1,12-14H2,2H3/t17?,20-/m0/s1. The van der Waals surface area contributed by atoms with E-state index >= 15 is 0 Å². The molecule has 9 heteroatoms. The Morgan fingerprint density at radius 1 is 1.09 bits per heavy atom. The first kappa shape index (κ1) is 23.7. The average Bonchev–Trinajstić information content (AvgIpc) is 3.21. The molecule has 3 rings (SSSR count). The van der Waals surface area contributed by atoms with Crippen LogP contribution in [0.1, 0.15) is 33.8 Å². The SMILES string of the molecule is C=CC(F)(F)OC[C@@H]1CC(c2ccc(C(F)(F)F)cc2)CN1c1ccc(C(=O)OC)cc1. The van der Waals surface area contributed by atoms with Gasteiger partial charge in [0.2, 0.25) is 0 Å². The van der Waals surface area contributed by atoms with Gasteiger partial charge in [0.25, 0.3) is 0 Å². The molecule has 4 nitrogen and oxygen atoms in total. The average molecular weight is 455 g/mol.